The maximum Gasteiger partial charge on any atom is 0.271 e. The molecule has 0 amide bonds. The highest BCUT2D eigenvalue weighted by Crippen LogP contribution is 2.32. The average Bonchev–Trinajstić information content (AvgIpc) is 3.38. The van der Waals surface area contributed by atoms with Gasteiger partial charge in [0, 0.05) is 25.2 Å². The van der Waals surface area contributed by atoms with Crippen molar-refractivity contribution in [2.75, 3.05) is 13.1 Å². The largest absolute Gasteiger partial charge is 0.339 e. The average molecular weight is 378 g/mol. The van der Waals surface area contributed by atoms with Gasteiger partial charge in [-0.25, -0.2) is 8.42 Å². The van der Waals surface area contributed by atoms with E-state index in [9.17, 15) is 13.2 Å². The van der Waals surface area contributed by atoms with Crippen molar-refractivity contribution in [2.24, 2.45) is 0 Å². The molecule has 140 valence electrons. The minimum Gasteiger partial charge on any atom is -0.339 e. The second-order valence-corrected chi connectivity index (χ2v) is 8.85. The second-order valence-electron chi connectivity index (χ2n) is 6.95. The van der Waals surface area contributed by atoms with Crippen molar-refractivity contribution < 1.29 is 12.9 Å². The van der Waals surface area contributed by atoms with E-state index in [1.54, 1.807) is 12.3 Å². The highest BCUT2D eigenvalue weighted by Gasteiger charge is 2.30. The van der Waals surface area contributed by atoms with E-state index >= 15 is 0 Å². The molecule has 0 radical (unpaired) electrons. The minimum atomic E-state index is -3.76. The summed E-state index contributed by atoms with van der Waals surface area (Å²) in [7, 11) is -3.76. The molecular formula is C17H22N4O4S. The van der Waals surface area contributed by atoms with Crippen LogP contribution >= 0.6 is 0 Å². The molecule has 1 saturated heterocycles. The van der Waals surface area contributed by atoms with Gasteiger partial charge in [-0.1, -0.05) is 18.0 Å². The van der Waals surface area contributed by atoms with Crippen LogP contribution in [0.3, 0.4) is 0 Å². The summed E-state index contributed by atoms with van der Waals surface area (Å²) in [6.45, 7) is 1.02. The number of rotatable bonds is 5. The molecule has 0 spiro atoms. The Bertz CT molecular complexity index is 938. The van der Waals surface area contributed by atoms with Gasteiger partial charge in [0.05, 0.1) is 6.54 Å². The van der Waals surface area contributed by atoms with Crippen LogP contribution in [0.4, 0.5) is 0 Å². The van der Waals surface area contributed by atoms with Gasteiger partial charge in [-0.2, -0.15) is 9.29 Å². The Morgan fingerprint density at radius 3 is 2.62 bits per heavy atom. The molecular weight excluding hydrogens is 356 g/mol. The maximum atomic E-state index is 12.7. The maximum absolute atomic E-state index is 12.7. The van der Waals surface area contributed by atoms with Crippen LogP contribution in [0, 0.1) is 0 Å². The van der Waals surface area contributed by atoms with Gasteiger partial charge in [0.15, 0.2) is 5.82 Å². The van der Waals surface area contributed by atoms with E-state index < -0.39 is 15.6 Å². The highest BCUT2D eigenvalue weighted by atomic mass is 32.2. The van der Waals surface area contributed by atoms with Crippen LogP contribution in [0.25, 0.3) is 0 Å². The summed E-state index contributed by atoms with van der Waals surface area (Å²) in [6.07, 6.45) is 7.63. The summed E-state index contributed by atoms with van der Waals surface area (Å²) in [4.78, 5) is 16.9. The Balaban J connectivity index is 1.59. The summed E-state index contributed by atoms with van der Waals surface area (Å²) in [5.74, 6) is 1.31. The third kappa shape index (κ3) is 3.21. The summed E-state index contributed by atoms with van der Waals surface area (Å²) in [6, 6.07) is 2.94. The van der Waals surface area contributed by atoms with Crippen molar-refractivity contribution in [1.29, 1.82) is 0 Å². The zero-order valence-electron chi connectivity index (χ0n) is 14.5. The molecule has 1 aliphatic heterocycles. The second kappa shape index (κ2) is 6.96. The molecule has 0 unspecified atom stereocenters. The number of pyridine rings is 1. The Kier molecular flexibility index (Phi) is 4.66. The topological polar surface area (TPSA) is 98.3 Å². The fraction of sp³-hybridized carbons (Fsp3) is 0.588. The van der Waals surface area contributed by atoms with Gasteiger partial charge in [-0.15, -0.1) is 0 Å². The molecule has 8 nitrogen and oxygen atoms in total. The highest BCUT2D eigenvalue weighted by molar-refractivity contribution is 7.89. The minimum absolute atomic E-state index is 0.0956. The summed E-state index contributed by atoms with van der Waals surface area (Å²) in [5.41, 5.74) is -0.549. The van der Waals surface area contributed by atoms with E-state index in [1.165, 1.54) is 14.9 Å². The number of hydrogen-bond acceptors (Lipinski definition) is 6. The number of nitrogens with zero attached hydrogens (tertiary/aromatic N) is 4. The smallest absolute Gasteiger partial charge is 0.271 e. The first-order valence-corrected chi connectivity index (χ1v) is 10.5. The molecule has 0 bridgehead atoms. The normalized spacial score (nSPS) is 19.4. The fourth-order valence-corrected chi connectivity index (χ4v) is 5.33. The Hall–Kier alpha value is -2.00. The molecule has 0 atom stereocenters. The predicted molar refractivity (Wildman–Crippen MR) is 93.3 cm³/mol. The van der Waals surface area contributed by atoms with Crippen LogP contribution in [-0.2, 0) is 16.6 Å². The molecule has 3 heterocycles. The Labute approximate surface area is 151 Å². The van der Waals surface area contributed by atoms with Gasteiger partial charge in [0.2, 0.25) is 15.9 Å². The van der Waals surface area contributed by atoms with Gasteiger partial charge in [-0.05, 0) is 37.8 Å². The lowest BCUT2D eigenvalue weighted by Gasteiger charge is -2.15. The lowest BCUT2D eigenvalue weighted by atomic mass is 10.1. The van der Waals surface area contributed by atoms with Crippen LogP contribution in [0.15, 0.2) is 32.5 Å². The fourth-order valence-electron chi connectivity index (χ4n) is 3.73. The van der Waals surface area contributed by atoms with Crippen molar-refractivity contribution in [3.63, 3.8) is 0 Å². The van der Waals surface area contributed by atoms with Crippen LogP contribution in [-0.4, -0.2) is 40.5 Å². The van der Waals surface area contributed by atoms with Crippen molar-refractivity contribution in [2.45, 2.75) is 55.9 Å². The SMILES string of the molecule is O=c1c(S(=O)(=O)N2CCCC2)cccn1Cc1noc(C2CCCC2)n1. The van der Waals surface area contributed by atoms with Crippen LogP contribution in [0.2, 0.25) is 0 Å². The quantitative estimate of drug-likeness (QED) is 0.786. The van der Waals surface area contributed by atoms with Gasteiger partial charge in [0.1, 0.15) is 4.90 Å². The molecule has 9 heteroatoms. The molecule has 1 aliphatic carbocycles. The zero-order valence-corrected chi connectivity index (χ0v) is 15.3. The first-order valence-electron chi connectivity index (χ1n) is 9.08. The molecule has 2 aromatic rings. The third-order valence-corrected chi connectivity index (χ3v) is 7.08. The molecule has 2 aromatic heterocycles. The molecule has 2 aliphatic rings. The molecule has 2 fully saturated rings. The van der Waals surface area contributed by atoms with Crippen molar-refractivity contribution >= 4 is 10.0 Å². The molecule has 0 N–H and O–H groups in total. The number of hydrogen-bond donors (Lipinski definition) is 0. The first-order chi connectivity index (χ1) is 12.6. The lowest BCUT2D eigenvalue weighted by Crippen LogP contribution is -2.34. The van der Waals surface area contributed by atoms with Gasteiger partial charge < -0.3 is 9.09 Å². The summed E-state index contributed by atoms with van der Waals surface area (Å²) < 4.78 is 33.4. The third-order valence-electron chi connectivity index (χ3n) is 5.17. The molecule has 0 aromatic carbocycles. The molecule has 26 heavy (non-hydrogen) atoms. The van der Waals surface area contributed by atoms with E-state index in [-0.39, 0.29) is 11.4 Å². The monoisotopic (exact) mass is 378 g/mol. The number of sulfonamides is 1. The zero-order chi connectivity index (χ0) is 18.1. The van der Waals surface area contributed by atoms with Crippen molar-refractivity contribution in [1.82, 2.24) is 19.0 Å². The van der Waals surface area contributed by atoms with E-state index in [4.69, 9.17) is 4.52 Å². The number of aromatic nitrogens is 3. The van der Waals surface area contributed by atoms with E-state index in [0.29, 0.717) is 30.7 Å². The van der Waals surface area contributed by atoms with E-state index in [1.807, 2.05) is 0 Å². The van der Waals surface area contributed by atoms with Crippen molar-refractivity contribution in [3.8, 4) is 0 Å². The van der Waals surface area contributed by atoms with Crippen molar-refractivity contribution in [3.05, 3.63) is 40.4 Å². The summed E-state index contributed by atoms with van der Waals surface area (Å²) in [5, 5.41) is 3.96. The van der Waals surface area contributed by atoms with E-state index in [2.05, 4.69) is 10.1 Å². The first kappa shape index (κ1) is 17.4. The lowest BCUT2D eigenvalue weighted by molar-refractivity contribution is 0.349. The van der Waals surface area contributed by atoms with Gasteiger partial charge in [0.25, 0.3) is 5.56 Å². The van der Waals surface area contributed by atoms with E-state index in [0.717, 1.165) is 38.5 Å². The predicted octanol–water partition coefficient (Wildman–Crippen LogP) is 1.72. The summed E-state index contributed by atoms with van der Waals surface area (Å²) >= 11 is 0. The van der Waals surface area contributed by atoms with Crippen LogP contribution in [0.1, 0.15) is 56.2 Å². The van der Waals surface area contributed by atoms with Gasteiger partial charge in [-0.3, -0.25) is 4.79 Å². The van der Waals surface area contributed by atoms with Crippen LogP contribution in [0.5, 0.6) is 0 Å². The standard InChI is InChI=1S/C17H22N4O4S/c22-17-14(26(23,24)21-10-3-4-11-21)8-5-9-20(17)12-15-18-16(25-19-15)13-6-1-2-7-13/h5,8-9,13H,1-4,6-7,10-12H2. The van der Waals surface area contributed by atoms with Crippen LogP contribution < -0.4 is 5.56 Å². The Morgan fingerprint density at radius 1 is 1.15 bits per heavy atom. The molecule has 4 rings (SSSR count). The molecule has 1 saturated carbocycles. The van der Waals surface area contributed by atoms with Gasteiger partial charge >= 0.3 is 0 Å². The Morgan fingerprint density at radius 2 is 1.88 bits per heavy atom.